The molecule has 0 aliphatic heterocycles. The van der Waals surface area contributed by atoms with Crippen LogP contribution in [0.3, 0.4) is 0 Å². The second kappa shape index (κ2) is 5.52. The van der Waals surface area contributed by atoms with Crippen molar-refractivity contribution in [1.82, 2.24) is 0 Å². The lowest BCUT2D eigenvalue weighted by Crippen LogP contribution is -2.44. The van der Waals surface area contributed by atoms with E-state index in [2.05, 4.69) is 15.9 Å². The van der Waals surface area contributed by atoms with Crippen LogP contribution >= 0.6 is 15.9 Å². The van der Waals surface area contributed by atoms with E-state index in [1.54, 1.807) is 0 Å². The van der Waals surface area contributed by atoms with Crippen molar-refractivity contribution < 1.29 is 18.7 Å². The quantitative estimate of drug-likeness (QED) is 0.819. The summed E-state index contributed by atoms with van der Waals surface area (Å²) in [7, 11) is 1.25. The number of anilines is 1. The van der Waals surface area contributed by atoms with Gasteiger partial charge in [0.25, 0.3) is 0 Å². The molecule has 0 radical (unpaired) electrons. The summed E-state index contributed by atoms with van der Waals surface area (Å²) in [5.41, 5.74) is 5.07. The van der Waals surface area contributed by atoms with E-state index in [0.717, 1.165) is 17.0 Å². The van der Waals surface area contributed by atoms with Crippen LogP contribution in [-0.4, -0.2) is 30.7 Å². The van der Waals surface area contributed by atoms with Gasteiger partial charge in [0.15, 0.2) is 0 Å². The van der Waals surface area contributed by atoms with Gasteiger partial charge >= 0.3 is 0 Å². The van der Waals surface area contributed by atoms with Crippen molar-refractivity contribution in [1.29, 1.82) is 0 Å². The van der Waals surface area contributed by atoms with Crippen LogP contribution in [-0.2, 0) is 4.79 Å². The van der Waals surface area contributed by atoms with Crippen LogP contribution < -0.4 is 10.6 Å². The van der Waals surface area contributed by atoms with Crippen LogP contribution in [0.2, 0.25) is 0 Å². The molecule has 0 fully saturated rings. The number of aliphatic hydroxyl groups is 1. The molecule has 1 amide bonds. The van der Waals surface area contributed by atoms with Gasteiger partial charge in [-0.05, 0) is 22.0 Å². The highest BCUT2D eigenvalue weighted by atomic mass is 79.9. The van der Waals surface area contributed by atoms with Gasteiger partial charge in [-0.3, -0.25) is 4.79 Å². The number of aliphatic hydroxyl groups excluding tert-OH is 1. The standard InChI is InChI=1S/C10H11BrF2N2O2/c1-15(10(17)8(14)4-16)9-3-6(12)5(11)2-7(9)13/h2-3,8,16H,4,14H2,1H3/t8-/m0/s1. The first-order valence-corrected chi connectivity index (χ1v) is 5.46. The number of benzene rings is 1. The Morgan fingerprint density at radius 3 is 2.65 bits per heavy atom. The summed E-state index contributed by atoms with van der Waals surface area (Å²) in [6.45, 7) is -0.566. The van der Waals surface area contributed by atoms with Crippen LogP contribution in [0.1, 0.15) is 0 Å². The van der Waals surface area contributed by atoms with Crippen LogP contribution in [0.5, 0.6) is 0 Å². The highest BCUT2D eigenvalue weighted by Crippen LogP contribution is 2.25. The number of carbonyl (C=O) groups is 1. The van der Waals surface area contributed by atoms with Gasteiger partial charge in [0.1, 0.15) is 17.7 Å². The molecule has 3 N–H and O–H groups in total. The Labute approximate surface area is 105 Å². The van der Waals surface area contributed by atoms with Crippen molar-refractivity contribution in [3.8, 4) is 0 Å². The van der Waals surface area contributed by atoms with Gasteiger partial charge < -0.3 is 15.7 Å². The second-order valence-corrected chi connectivity index (χ2v) is 4.26. The molecule has 0 saturated heterocycles. The molecule has 0 saturated carbocycles. The second-order valence-electron chi connectivity index (χ2n) is 3.40. The lowest BCUT2D eigenvalue weighted by molar-refractivity contribution is -0.120. The minimum Gasteiger partial charge on any atom is -0.394 e. The molecule has 0 spiro atoms. The van der Waals surface area contributed by atoms with E-state index in [4.69, 9.17) is 10.8 Å². The largest absolute Gasteiger partial charge is 0.394 e. The maximum atomic E-state index is 13.5. The van der Waals surface area contributed by atoms with E-state index in [-0.39, 0.29) is 10.2 Å². The molecule has 0 bridgehead atoms. The number of likely N-dealkylation sites (N-methyl/N-ethyl adjacent to an activating group) is 1. The molecule has 0 heterocycles. The average molecular weight is 309 g/mol. The minimum atomic E-state index is -1.16. The third-order valence-electron chi connectivity index (χ3n) is 2.20. The summed E-state index contributed by atoms with van der Waals surface area (Å²) in [6.07, 6.45) is 0. The lowest BCUT2D eigenvalue weighted by atomic mass is 10.2. The van der Waals surface area contributed by atoms with Crippen LogP contribution in [0.15, 0.2) is 16.6 Å². The highest BCUT2D eigenvalue weighted by Gasteiger charge is 2.21. The van der Waals surface area contributed by atoms with Gasteiger partial charge in [-0.15, -0.1) is 0 Å². The van der Waals surface area contributed by atoms with Gasteiger partial charge in [0.2, 0.25) is 5.91 Å². The predicted molar refractivity (Wildman–Crippen MR) is 62.5 cm³/mol. The van der Waals surface area contributed by atoms with E-state index in [1.165, 1.54) is 7.05 Å². The number of hydrogen-bond acceptors (Lipinski definition) is 3. The molecule has 17 heavy (non-hydrogen) atoms. The molecular weight excluding hydrogens is 298 g/mol. The maximum Gasteiger partial charge on any atom is 0.246 e. The molecule has 7 heteroatoms. The fraction of sp³-hybridized carbons (Fsp3) is 0.300. The predicted octanol–water partition coefficient (Wildman–Crippen LogP) is 1.01. The third-order valence-corrected chi connectivity index (χ3v) is 2.80. The first kappa shape index (κ1) is 14.0. The third kappa shape index (κ3) is 2.99. The summed E-state index contributed by atoms with van der Waals surface area (Å²) in [4.78, 5) is 12.4. The molecule has 0 aliphatic carbocycles. The summed E-state index contributed by atoms with van der Waals surface area (Å²) >= 11 is 2.83. The molecule has 94 valence electrons. The Bertz CT molecular complexity index is 443. The zero-order valence-electron chi connectivity index (χ0n) is 8.95. The van der Waals surface area contributed by atoms with Crippen molar-refractivity contribution in [2.45, 2.75) is 6.04 Å². The summed E-state index contributed by atoms with van der Waals surface area (Å²) in [5.74, 6) is -2.16. The first-order valence-electron chi connectivity index (χ1n) is 4.67. The van der Waals surface area contributed by atoms with Gasteiger partial charge in [-0.25, -0.2) is 8.78 Å². The molecule has 1 aromatic rings. The molecule has 1 aromatic carbocycles. The SMILES string of the molecule is CN(C(=O)[C@@H](N)CO)c1cc(F)c(Br)cc1F. The van der Waals surface area contributed by atoms with Gasteiger partial charge in [-0.1, -0.05) is 0 Å². The van der Waals surface area contributed by atoms with Crippen LogP contribution in [0.4, 0.5) is 14.5 Å². The van der Waals surface area contributed by atoms with Crippen molar-refractivity contribution in [3.05, 3.63) is 28.2 Å². The Morgan fingerprint density at radius 1 is 1.53 bits per heavy atom. The fourth-order valence-electron chi connectivity index (χ4n) is 1.21. The molecule has 1 atom stereocenters. The summed E-state index contributed by atoms with van der Waals surface area (Å²) < 4.78 is 26.7. The molecule has 0 aromatic heterocycles. The fourth-order valence-corrected chi connectivity index (χ4v) is 1.53. The summed E-state index contributed by atoms with van der Waals surface area (Å²) in [5, 5.41) is 8.72. The Morgan fingerprint density at radius 2 is 2.12 bits per heavy atom. The molecular formula is C10H11BrF2N2O2. The Hall–Kier alpha value is -1.05. The lowest BCUT2D eigenvalue weighted by Gasteiger charge is -2.21. The van der Waals surface area contributed by atoms with Crippen molar-refractivity contribution in [2.24, 2.45) is 5.73 Å². The number of nitrogens with two attached hydrogens (primary N) is 1. The highest BCUT2D eigenvalue weighted by molar-refractivity contribution is 9.10. The number of nitrogens with zero attached hydrogens (tertiary/aromatic N) is 1. The van der Waals surface area contributed by atoms with E-state index < -0.39 is 30.2 Å². The molecule has 0 unspecified atom stereocenters. The summed E-state index contributed by atoms with van der Waals surface area (Å²) in [6, 6.07) is 0.631. The zero-order chi connectivity index (χ0) is 13.2. The molecule has 1 rings (SSSR count). The molecule has 0 aliphatic rings. The van der Waals surface area contributed by atoms with Crippen LogP contribution in [0, 0.1) is 11.6 Å². The van der Waals surface area contributed by atoms with E-state index in [1.807, 2.05) is 0 Å². The van der Waals surface area contributed by atoms with Gasteiger partial charge in [0, 0.05) is 13.1 Å². The number of amides is 1. The number of hydrogen-bond donors (Lipinski definition) is 2. The number of halogens is 3. The maximum absolute atomic E-state index is 13.5. The normalized spacial score (nSPS) is 12.4. The van der Waals surface area contributed by atoms with Crippen LogP contribution in [0.25, 0.3) is 0 Å². The first-order chi connectivity index (χ1) is 7.88. The van der Waals surface area contributed by atoms with Crippen molar-refractivity contribution in [3.63, 3.8) is 0 Å². The van der Waals surface area contributed by atoms with Gasteiger partial charge in [-0.2, -0.15) is 0 Å². The van der Waals surface area contributed by atoms with E-state index >= 15 is 0 Å². The van der Waals surface area contributed by atoms with E-state index in [0.29, 0.717) is 0 Å². The topological polar surface area (TPSA) is 66.6 Å². The Kier molecular flexibility index (Phi) is 4.55. The van der Waals surface area contributed by atoms with Gasteiger partial charge in [0.05, 0.1) is 16.8 Å². The Balaban J connectivity index is 3.08. The number of carbonyl (C=O) groups excluding carboxylic acids is 1. The monoisotopic (exact) mass is 308 g/mol. The molecule has 4 nitrogen and oxygen atoms in total. The minimum absolute atomic E-state index is 0.0361. The average Bonchev–Trinajstić information content (AvgIpc) is 2.31. The number of rotatable bonds is 3. The van der Waals surface area contributed by atoms with Crippen molar-refractivity contribution >= 4 is 27.5 Å². The van der Waals surface area contributed by atoms with Crippen molar-refractivity contribution in [2.75, 3.05) is 18.6 Å². The smallest absolute Gasteiger partial charge is 0.246 e. The van der Waals surface area contributed by atoms with E-state index in [9.17, 15) is 13.6 Å². The zero-order valence-corrected chi connectivity index (χ0v) is 10.5.